The first kappa shape index (κ1) is 14.6. The summed E-state index contributed by atoms with van der Waals surface area (Å²) >= 11 is 0. The summed E-state index contributed by atoms with van der Waals surface area (Å²) in [7, 11) is 3.13. The van der Waals surface area contributed by atoms with Crippen LogP contribution in [0.25, 0.3) is 0 Å². The van der Waals surface area contributed by atoms with E-state index in [2.05, 4.69) is 5.32 Å². The molecule has 0 fully saturated rings. The molecule has 6 heteroatoms. The molecule has 2 rings (SSSR count). The summed E-state index contributed by atoms with van der Waals surface area (Å²) in [6.45, 7) is 0.474. The molecule has 0 saturated heterocycles. The number of para-hydroxylation sites is 1. The monoisotopic (exact) mass is 288 g/mol. The molecule has 0 aliphatic heterocycles. The highest BCUT2D eigenvalue weighted by atomic mass is 16.6. The lowest BCUT2D eigenvalue weighted by Crippen LogP contribution is -2.03. The van der Waals surface area contributed by atoms with Gasteiger partial charge in [0.2, 0.25) is 0 Å². The third kappa shape index (κ3) is 3.42. The fraction of sp³-hybridized carbons (Fsp3) is 0.200. The van der Waals surface area contributed by atoms with E-state index in [0.29, 0.717) is 18.0 Å². The van der Waals surface area contributed by atoms with E-state index in [0.717, 1.165) is 11.3 Å². The summed E-state index contributed by atoms with van der Waals surface area (Å²) in [5.74, 6) is 1.31. The quantitative estimate of drug-likeness (QED) is 0.652. The van der Waals surface area contributed by atoms with Crippen LogP contribution in [0.2, 0.25) is 0 Å². The lowest BCUT2D eigenvalue weighted by Gasteiger charge is -2.13. The molecule has 0 amide bonds. The maximum absolute atomic E-state index is 10.8. The highest BCUT2D eigenvalue weighted by Gasteiger charge is 2.11. The van der Waals surface area contributed by atoms with E-state index in [4.69, 9.17) is 9.47 Å². The molecule has 0 saturated carbocycles. The smallest absolute Gasteiger partial charge is 0.271 e. The molecule has 2 aromatic rings. The molecule has 0 bridgehead atoms. The Morgan fingerprint density at radius 3 is 2.48 bits per heavy atom. The van der Waals surface area contributed by atoms with Gasteiger partial charge in [0.1, 0.15) is 11.5 Å². The molecule has 0 unspecified atom stereocenters. The van der Waals surface area contributed by atoms with E-state index in [1.165, 1.54) is 19.2 Å². The molecular weight excluding hydrogens is 272 g/mol. The van der Waals surface area contributed by atoms with Crippen LogP contribution in [0, 0.1) is 10.1 Å². The number of nitrogens with one attached hydrogen (secondary N) is 1. The highest BCUT2D eigenvalue weighted by Crippen LogP contribution is 2.30. The van der Waals surface area contributed by atoms with Crippen LogP contribution in [0.1, 0.15) is 5.56 Å². The number of hydrogen-bond acceptors (Lipinski definition) is 5. The van der Waals surface area contributed by atoms with E-state index < -0.39 is 4.92 Å². The second-order valence-corrected chi connectivity index (χ2v) is 4.31. The highest BCUT2D eigenvalue weighted by molar-refractivity contribution is 5.61. The zero-order chi connectivity index (χ0) is 15.2. The van der Waals surface area contributed by atoms with Gasteiger partial charge in [-0.2, -0.15) is 0 Å². The van der Waals surface area contributed by atoms with Crippen LogP contribution in [-0.2, 0) is 6.54 Å². The predicted octanol–water partition coefficient (Wildman–Crippen LogP) is 3.22. The average molecular weight is 288 g/mol. The number of methoxy groups -OCH3 is 2. The first-order valence-electron chi connectivity index (χ1n) is 6.34. The molecule has 0 radical (unpaired) electrons. The second-order valence-electron chi connectivity index (χ2n) is 4.31. The van der Waals surface area contributed by atoms with Gasteiger partial charge in [0, 0.05) is 24.2 Å². The van der Waals surface area contributed by atoms with Crippen LogP contribution in [-0.4, -0.2) is 19.1 Å². The Morgan fingerprint density at radius 1 is 1.10 bits per heavy atom. The van der Waals surface area contributed by atoms with Crippen molar-refractivity contribution < 1.29 is 14.4 Å². The summed E-state index contributed by atoms with van der Waals surface area (Å²) in [5, 5.41) is 14.0. The number of anilines is 1. The molecule has 110 valence electrons. The van der Waals surface area contributed by atoms with Crippen LogP contribution in [0.3, 0.4) is 0 Å². The van der Waals surface area contributed by atoms with Crippen molar-refractivity contribution in [1.82, 2.24) is 0 Å². The minimum absolute atomic E-state index is 0.0123. The Morgan fingerprint density at radius 2 is 1.81 bits per heavy atom. The van der Waals surface area contributed by atoms with E-state index in [9.17, 15) is 10.1 Å². The van der Waals surface area contributed by atoms with Gasteiger partial charge in [-0.3, -0.25) is 10.1 Å². The van der Waals surface area contributed by atoms with Gasteiger partial charge in [0.25, 0.3) is 5.69 Å². The van der Waals surface area contributed by atoms with Gasteiger partial charge in [-0.1, -0.05) is 18.2 Å². The molecule has 0 heterocycles. The third-order valence-electron chi connectivity index (χ3n) is 3.06. The van der Waals surface area contributed by atoms with E-state index in [-0.39, 0.29) is 5.69 Å². The number of ether oxygens (including phenoxy) is 2. The van der Waals surface area contributed by atoms with Crippen molar-refractivity contribution in [3.8, 4) is 11.5 Å². The van der Waals surface area contributed by atoms with Gasteiger partial charge in [0.15, 0.2) is 0 Å². The molecule has 21 heavy (non-hydrogen) atoms. The Labute approximate surface area is 122 Å². The van der Waals surface area contributed by atoms with Crippen molar-refractivity contribution in [2.45, 2.75) is 6.54 Å². The third-order valence-corrected chi connectivity index (χ3v) is 3.06. The molecule has 0 aliphatic carbocycles. The van der Waals surface area contributed by atoms with Crippen molar-refractivity contribution in [3.05, 3.63) is 58.1 Å². The van der Waals surface area contributed by atoms with Gasteiger partial charge in [-0.15, -0.1) is 0 Å². The van der Waals surface area contributed by atoms with Crippen LogP contribution < -0.4 is 14.8 Å². The number of nitro benzene ring substituents is 1. The standard InChI is InChI=1S/C15H16N2O4/c1-20-14-6-4-3-5-11(14)10-16-13-9-12(17(18)19)7-8-15(13)21-2/h3-9,16H,10H2,1-2H3. The van der Waals surface area contributed by atoms with Crippen molar-refractivity contribution in [1.29, 1.82) is 0 Å². The van der Waals surface area contributed by atoms with Gasteiger partial charge in [0.05, 0.1) is 24.8 Å². The molecule has 0 aliphatic rings. The molecular formula is C15H16N2O4. The fourth-order valence-corrected chi connectivity index (χ4v) is 1.99. The number of hydrogen-bond donors (Lipinski definition) is 1. The number of rotatable bonds is 6. The Hall–Kier alpha value is -2.76. The Bertz CT molecular complexity index is 643. The number of nitro groups is 1. The topological polar surface area (TPSA) is 73.6 Å². The summed E-state index contributed by atoms with van der Waals surface area (Å²) < 4.78 is 10.5. The van der Waals surface area contributed by atoms with Crippen molar-refractivity contribution in [2.24, 2.45) is 0 Å². The largest absolute Gasteiger partial charge is 0.496 e. The van der Waals surface area contributed by atoms with E-state index >= 15 is 0 Å². The van der Waals surface area contributed by atoms with Crippen LogP contribution >= 0.6 is 0 Å². The molecule has 2 aromatic carbocycles. The zero-order valence-electron chi connectivity index (χ0n) is 11.8. The molecule has 0 aromatic heterocycles. The molecule has 0 spiro atoms. The lowest BCUT2D eigenvalue weighted by atomic mass is 10.2. The van der Waals surface area contributed by atoms with Crippen molar-refractivity contribution in [2.75, 3.05) is 19.5 Å². The molecule has 1 N–H and O–H groups in total. The average Bonchev–Trinajstić information content (AvgIpc) is 2.52. The number of nitrogens with zero attached hydrogens (tertiary/aromatic N) is 1. The maximum atomic E-state index is 10.8. The van der Waals surface area contributed by atoms with Gasteiger partial charge >= 0.3 is 0 Å². The first-order chi connectivity index (χ1) is 10.2. The predicted molar refractivity (Wildman–Crippen MR) is 80.0 cm³/mol. The Balaban J connectivity index is 2.22. The molecule has 0 atom stereocenters. The van der Waals surface area contributed by atoms with Gasteiger partial charge < -0.3 is 14.8 Å². The van der Waals surface area contributed by atoms with Crippen LogP contribution in [0.15, 0.2) is 42.5 Å². The minimum atomic E-state index is -0.437. The Kier molecular flexibility index (Phi) is 4.61. The summed E-state index contributed by atoms with van der Waals surface area (Å²) in [4.78, 5) is 10.4. The van der Waals surface area contributed by atoms with E-state index in [1.807, 2.05) is 24.3 Å². The van der Waals surface area contributed by atoms with Gasteiger partial charge in [-0.25, -0.2) is 0 Å². The van der Waals surface area contributed by atoms with Crippen molar-refractivity contribution in [3.63, 3.8) is 0 Å². The van der Waals surface area contributed by atoms with Crippen LogP contribution in [0.4, 0.5) is 11.4 Å². The summed E-state index contributed by atoms with van der Waals surface area (Å²) in [5.41, 5.74) is 1.53. The lowest BCUT2D eigenvalue weighted by molar-refractivity contribution is -0.384. The minimum Gasteiger partial charge on any atom is -0.496 e. The van der Waals surface area contributed by atoms with Crippen LogP contribution in [0.5, 0.6) is 11.5 Å². The van der Waals surface area contributed by atoms with Gasteiger partial charge in [-0.05, 0) is 12.1 Å². The maximum Gasteiger partial charge on any atom is 0.271 e. The zero-order valence-corrected chi connectivity index (χ0v) is 11.8. The van der Waals surface area contributed by atoms with Crippen molar-refractivity contribution >= 4 is 11.4 Å². The molecule has 6 nitrogen and oxygen atoms in total. The fourth-order valence-electron chi connectivity index (χ4n) is 1.99. The summed E-state index contributed by atoms with van der Waals surface area (Å²) in [6.07, 6.45) is 0. The normalized spacial score (nSPS) is 10.0. The summed E-state index contributed by atoms with van der Waals surface area (Å²) in [6, 6.07) is 12.0. The number of non-ortho nitro benzene ring substituents is 1. The first-order valence-corrected chi connectivity index (χ1v) is 6.34. The second kappa shape index (κ2) is 6.60. The number of benzene rings is 2. The SMILES string of the molecule is COc1ccccc1CNc1cc([N+](=O)[O-])ccc1OC. The van der Waals surface area contributed by atoms with E-state index in [1.54, 1.807) is 13.2 Å².